The molecule has 3 unspecified atom stereocenters. The van der Waals surface area contributed by atoms with Gasteiger partial charge in [0.15, 0.2) is 0 Å². The van der Waals surface area contributed by atoms with Gasteiger partial charge in [-0.2, -0.15) is 0 Å². The first-order chi connectivity index (χ1) is 16.7. The number of piperidine rings is 1. The number of halogens is 3. The number of carbonyl (C=O) groups is 1. The van der Waals surface area contributed by atoms with Crippen molar-refractivity contribution in [1.82, 2.24) is 14.9 Å². The fraction of sp³-hybridized carbons (Fsp3) is 0.480. The molecule has 3 fully saturated rings. The molecule has 0 spiro atoms. The number of likely N-dealkylation sites (tertiary alicyclic amines) is 1. The molecule has 5 rings (SSSR count). The monoisotopic (exact) mass is 523 g/mol. The molecule has 3 aliphatic rings. The quantitative estimate of drug-likeness (QED) is 0.341. The minimum atomic E-state index is -0.719. The molecule has 2 aromatic carbocycles. The van der Waals surface area contributed by atoms with Crippen LogP contribution in [-0.4, -0.2) is 45.5 Å². The molecular formula is C25H28ClF2N3O3S. The second-order valence-corrected chi connectivity index (χ2v) is 10.8. The normalized spacial score (nSPS) is 24.7. The highest BCUT2D eigenvalue weighted by Gasteiger charge is 2.48. The summed E-state index contributed by atoms with van der Waals surface area (Å²) in [6, 6.07) is 7.49. The Labute approximate surface area is 212 Å². The number of hydrazine groups is 1. The zero-order valence-corrected chi connectivity index (χ0v) is 21.1. The second kappa shape index (κ2) is 9.86. The van der Waals surface area contributed by atoms with E-state index < -0.39 is 11.7 Å². The molecule has 10 heteroatoms. The lowest BCUT2D eigenvalue weighted by Gasteiger charge is -2.38. The fourth-order valence-corrected chi connectivity index (χ4v) is 6.01. The predicted molar refractivity (Wildman–Crippen MR) is 130 cm³/mol. The molecule has 2 saturated carbocycles. The number of benzene rings is 2. The predicted octanol–water partition coefficient (Wildman–Crippen LogP) is 5.71. The summed E-state index contributed by atoms with van der Waals surface area (Å²) in [4.78, 5) is 14.8. The summed E-state index contributed by atoms with van der Waals surface area (Å²) < 4.78 is 35.5. The summed E-state index contributed by atoms with van der Waals surface area (Å²) in [6.07, 6.45) is 5.25. The van der Waals surface area contributed by atoms with Crippen molar-refractivity contribution < 1.29 is 23.5 Å². The molecule has 1 heterocycles. The van der Waals surface area contributed by atoms with Gasteiger partial charge in [0.05, 0.1) is 5.56 Å². The average Bonchev–Trinajstić information content (AvgIpc) is 3.47. The minimum Gasteiger partial charge on any atom is -0.488 e. The molecule has 35 heavy (non-hydrogen) atoms. The number of nitrogens with zero attached hydrogens (tertiary/aromatic N) is 2. The van der Waals surface area contributed by atoms with Gasteiger partial charge < -0.3 is 4.74 Å². The van der Waals surface area contributed by atoms with E-state index in [9.17, 15) is 18.8 Å². The lowest BCUT2D eigenvalue weighted by Crippen LogP contribution is -2.45. The zero-order valence-electron chi connectivity index (χ0n) is 19.5. The zero-order chi connectivity index (χ0) is 24.9. The molecule has 4 atom stereocenters. The number of amides is 1. The summed E-state index contributed by atoms with van der Waals surface area (Å²) in [5.41, 5.74) is 3.80. The number of ether oxygens (including phenoxy) is 1. The molecular weight excluding hydrogens is 496 g/mol. The molecule has 188 valence electrons. The Hall–Kier alpha value is -1.91. The van der Waals surface area contributed by atoms with E-state index >= 15 is 0 Å². The van der Waals surface area contributed by atoms with Gasteiger partial charge in [-0.05, 0) is 90.3 Å². The first kappa shape index (κ1) is 24.8. The van der Waals surface area contributed by atoms with Crippen LogP contribution in [0.25, 0.3) is 0 Å². The summed E-state index contributed by atoms with van der Waals surface area (Å²) >= 11 is 7.23. The van der Waals surface area contributed by atoms with Crippen molar-refractivity contribution in [2.45, 2.75) is 56.7 Å². The van der Waals surface area contributed by atoms with Crippen LogP contribution in [0.5, 0.6) is 5.75 Å². The lowest BCUT2D eigenvalue weighted by molar-refractivity contribution is -0.0242. The Balaban J connectivity index is 1.36. The van der Waals surface area contributed by atoms with E-state index in [1.807, 2.05) is 0 Å². The van der Waals surface area contributed by atoms with Crippen LogP contribution in [0.4, 0.5) is 8.78 Å². The Morgan fingerprint density at radius 2 is 2.06 bits per heavy atom. The van der Waals surface area contributed by atoms with E-state index in [1.165, 1.54) is 18.2 Å². The van der Waals surface area contributed by atoms with E-state index in [4.69, 9.17) is 16.3 Å². The molecule has 0 aromatic heterocycles. The molecule has 0 radical (unpaired) electrons. The van der Waals surface area contributed by atoms with Crippen molar-refractivity contribution in [3.8, 4) is 5.75 Å². The van der Waals surface area contributed by atoms with Crippen molar-refractivity contribution in [3.05, 3.63) is 63.7 Å². The molecule has 2 bridgehead atoms. The van der Waals surface area contributed by atoms with Crippen LogP contribution in [0.2, 0.25) is 5.02 Å². The van der Waals surface area contributed by atoms with Crippen molar-refractivity contribution >= 4 is 29.5 Å². The highest BCUT2D eigenvalue weighted by molar-refractivity contribution is 7.96. The van der Waals surface area contributed by atoms with Crippen LogP contribution in [0.15, 0.2) is 30.3 Å². The maximum atomic E-state index is 15.0. The molecule has 2 aliphatic carbocycles. The Morgan fingerprint density at radius 3 is 2.71 bits per heavy atom. The van der Waals surface area contributed by atoms with Crippen LogP contribution in [0.1, 0.15) is 66.1 Å². The number of fused-ring (bicyclic) bond motifs is 2. The topological polar surface area (TPSA) is 65.0 Å². The van der Waals surface area contributed by atoms with Crippen molar-refractivity contribution in [2.24, 2.45) is 5.92 Å². The standard InChI is InChI=1S/C25H28ClF2N3O3S/c1-13(17-6-5-16(27)9-20(17)26)30-12-14-7-22(30)24(8-14)34-23-11-21(28)19(10-18(23)15-3-4-15)25(32)29-31(33)35-2/h5-6,9-11,13-15,22,24,33H,3-4,7-8,12H2,1-2H3,(H,29,32)/t13?,14?,22-,24?/m1/s1. The summed E-state index contributed by atoms with van der Waals surface area (Å²) in [5.74, 6) is -0.589. The highest BCUT2D eigenvalue weighted by Crippen LogP contribution is 2.48. The van der Waals surface area contributed by atoms with Crippen LogP contribution >= 0.6 is 23.5 Å². The lowest BCUT2D eigenvalue weighted by atomic mass is 10.0. The van der Waals surface area contributed by atoms with Gasteiger partial charge in [-0.25, -0.2) is 8.78 Å². The van der Waals surface area contributed by atoms with Crippen molar-refractivity contribution in [1.29, 1.82) is 0 Å². The third-order valence-electron chi connectivity index (χ3n) is 7.38. The van der Waals surface area contributed by atoms with Gasteiger partial charge in [-0.15, -0.1) is 0 Å². The second-order valence-electron chi connectivity index (χ2n) is 9.64. The third kappa shape index (κ3) is 5.02. The van der Waals surface area contributed by atoms with Crippen LogP contribution in [-0.2, 0) is 0 Å². The van der Waals surface area contributed by atoms with Crippen molar-refractivity contribution in [2.75, 3.05) is 12.8 Å². The van der Waals surface area contributed by atoms with Gasteiger partial charge in [-0.1, -0.05) is 17.7 Å². The van der Waals surface area contributed by atoms with Crippen LogP contribution in [0, 0.1) is 17.6 Å². The average molecular weight is 524 g/mol. The SMILES string of the molecule is CSN(O)NC(=O)c1cc(C2CC2)c(OC2CC3C[C@H]2N(C(C)c2ccc(F)cc2Cl)C3)cc1F. The van der Waals surface area contributed by atoms with Gasteiger partial charge >= 0.3 is 0 Å². The Bertz CT molecular complexity index is 1140. The van der Waals surface area contributed by atoms with E-state index in [0.29, 0.717) is 21.3 Å². The maximum Gasteiger partial charge on any atom is 0.271 e. The Morgan fingerprint density at radius 1 is 1.29 bits per heavy atom. The molecule has 1 aliphatic heterocycles. The number of rotatable bonds is 8. The minimum absolute atomic E-state index is 0.00641. The number of carbonyl (C=O) groups excluding carboxylic acids is 1. The first-order valence-electron chi connectivity index (χ1n) is 11.8. The first-order valence-corrected chi connectivity index (χ1v) is 13.4. The molecule has 6 nitrogen and oxygen atoms in total. The highest BCUT2D eigenvalue weighted by atomic mass is 35.5. The van der Waals surface area contributed by atoms with Crippen molar-refractivity contribution in [3.63, 3.8) is 0 Å². The van der Waals surface area contributed by atoms with E-state index in [1.54, 1.807) is 18.4 Å². The number of hydrogen-bond donors (Lipinski definition) is 2. The largest absolute Gasteiger partial charge is 0.488 e. The van der Waals surface area contributed by atoms with E-state index in [2.05, 4.69) is 17.2 Å². The maximum absolute atomic E-state index is 15.0. The van der Waals surface area contributed by atoms with Crippen LogP contribution in [0.3, 0.4) is 0 Å². The van der Waals surface area contributed by atoms with E-state index in [-0.39, 0.29) is 35.5 Å². The fourth-order valence-electron chi connectivity index (χ4n) is 5.51. The summed E-state index contributed by atoms with van der Waals surface area (Å²) in [6.45, 7) is 2.98. The number of nitrogens with one attached hydrogen (secondary N) is 1. The van der Waals surface area contributed by atoms with Gasteiger partial charge in [0.2, 0.25) is 0 Å². The van der Waals surface area contributed by atoms with Gasteiger partial charge in [0.1, 0.15) is 23.5 Å². The molecule has 2 N–H and O–H groups in total. The third-order valence-corrected chi connectivity index (χ3v) is 8.15. The van der Waals surface area contributed by atoms with Crippen LogP contribution < -0.4 is 10.2 Å². The molecule has 1 saturated heterocycles. The summed E-state index contributed by atoms with van der Waals surface area (Å²) in [5, 5.41) is 9.95. The molecule has 1 amide bonds. The summed E-state index contributed by atoms with van der Waals surface area (Å²) in [7, 11) is 0. The number of hydrogen-bond acceptors (Lipinski definition) is 6. The Kier molecular flexibility index (Phi) is 6.98. The van der Waals surface area contributed by atoms with Gasteiger partial charge in [0, 0.05) is 36.0 Å². The molecule has 2 aromatic rings. The smallest absolute Gasteiger partial charge is 0.271 e. The van der Waals surface area contributed by atoms with Gasteiger partial charge in [0.25, 0.3) is 5.91 Å². The van der Waals surface area contributed by atoms with Gasteiger partial charge in [-0.3, -0.25) is 20.3 Å². The van der Waals surface area contributed by atoms with E-state index in [0.717, 1.165) is 55.3 Å².